The molecule has 4 rings (SSSR count). The maximum Gasteiger partial charge on any atom is 0.163 e. The van der Waals surface area contributed by atoms with Gasteiger partial charge in [0.1, 0.15) is 18.0 Å². The summed E-state index contributed by atoms with van der Waals surface area (Å²) in [6.07, 6.45) is 6.43. The van der Waals surface area contributed by atoms with Crippen molar-refractivity contribution in [1.82, 2.24) is 24.5 Å². The van der Waals surface area contributed by atoms with Gasteiger partial charge in [-0.15, -0.1) is 0 Å². The Kier molecular flexibility index (Phi) is 5.20. The van der Waals surface area contributed by atoms with Crippen molar-refractivity contribution in [3.63, 3.8) is 0 Å². The molecule has 0 radical (unpaired) electrons. The number of imidazole rings is 1. The molecule has 0 unspecified atom stereocenters. The van der Waals surface area contributed by atoms with Crippen molar-refractivity contribution >= 4 is 0 Å². The molecule has 0 fully saturated rings. The van der Waals surface area contributed by atoms with Gasteiger partial charge in [-0.2, -0.15) is 0 Å². The van der Waals surface area contributed by atoms with Crippen molar-refractivity contribution in [2.24, 2.45) is 0 Å². The van der Waals surface area contributed by atoms with E-state index in [4.69, 9.17) is 4.98 Å². The zero-order chi connectivity index (χ0) is 21.3. The summed E-state index contributed by atoms with van der Waals surface area (Å²) in [6.45, 7) is 10.7. The lowest BCUT2D eigenvalue weighted by atomic mass is 9.89. The fraction of sp³-hybridized carbons (Fsp3) is 0.280. The Hall–Kier alpha value is -3.34. The van der Waals surface area contributed by atoms with Gasteiger partial charge in [0.2, 0.25) is 0 Å². The first-order chi connectivity index (χ1) is 14.4. The number of aryl methyl sites for hydroxylation is 2. The fourth-order valence-corrected chi connectivity index (χ4v) is 3.60. The van der Waals surface area contributed by atoms with Crippen LogP contribution in [-0.2, 0) is 5.41 Å². The molecule has 4 aromatic rings. The molecule has 0 aliphatic heterocycles. The standard InChI is InChI=1S/C25H27N5/c1-6-25(4,5)24-28-16-27-22(29-24)19-11-8-12-20(15-19)23-26-13-14-30(23)21-17(2)9-7-10-18(21)3/h7-16H,6H2,1-5H3. The van der Waals surface area contributed by atoms with Crippen molar-refractivity contribution < 1.29 is 0 Å². The molecule has 5 nitrogen and oxygen atoms in total. The highest BCUT2D eigenvalue weighted by molar-refractivity contribution is 5.68. The Morgan fingerprint density at radius 1 is 0.900 bits per heavy atom. The maximum absolute atomic E-state index is 4.77. The molecule has 2 heterocycles. The molecule has 30 heavy (non-hydrogen) atoms. The topological polar surface area (TPSA) is 56.5 Å². The summed E-state index contributed by atoms with van der Waals surface area (Å²) in [4.78, 5) is 18.3. The SMILES string of the molecule is CCC(C)(C)c1ncnc(-c2cccc(-c3nccn3-c3c(C)cccc3C)c2)n1. The van der Waals surface area contributed by atoms with Crippen LogP contribution in [0.4, 0.5) is 0 Å². The van der Waals surface area contributed by atoms with Crippen LogP contribution in [-0.4, -0.2) is 24.5 Å². The van der Waals surface area contributed by atoms with Crippen LogP contribution >= 0.6 is 0 Å². The minimum atomic E-state index is -0.0894. The highest BCUT2D eigenvalue weighted by Gasteiger charge is 2.22. The van der Waals surface area contributed by atoms with Gasteiger partial charge in [0.15, 0.2) is 5.82 Å². The van der Waals surface area contributed by atoms with E-state index in [0.717, 1.165) is 29.2 Å². The van der Waals surface area contributed by atoms with E-state index >= 15 is 0 Å². The lowest BCUT2D eigenvalue weighted by molar-refractivity contribution is 0.471. The summed E-state index contributed by atoms with van der Waals surface area (Å²) in [5.74, 6) is 2.41. The summed E-state index contributed by atoms with van der Waals surface area (Å²) >= 11 is 0. The molecule has 2 aromatic heterocycles. The second kappa shape index (κ2) is 7.82. The number of nitrogens with zero attached hydrogens (tertiary/aromatic N) is 5. The van der Waals surface area contributed by atoms with Crippen LogP contribution in [0.5, 0.6) is 0 Å². The zero-order valence-electron chi connectivity index (χ0n) is 18.2. The van der Waals surface area contributed by atoms with E-state index in [1.165, 1.54) is 16.8 Å². The Morgan fingerprint density at radius 2 is 1.60 bits per heavy atom. The predicted molar refractivity (Wildman–Crippen MR) is 121 cm³/mol. The molecule has 0 amide bonds. The van der Waals surface area contributed by atoms with Crippen LogP contribution in [0.15, 0.2) is 61.2 Å². The Bertz CT molecular complexity index is 1170. The molecule has 0 bridgehead atoms. The van der Waals surface area contributed by atoms with Crippen molar-refractivity contribution in [3.8, 4) is 28.5 Å². The van der Waals surface area contributed by atoms with Gasteiger partial charge in [-0.25, -0.2) is 19.9 Å². The first-order valence-corrected chi connectivity index (χ1v) is 10.3. The third kappa shape index (κ3) is 3.63. The van der Waals surface area contributed by atoms with Crippen molar-refractivity contribution in [3.05, 3.63) is 78.1 Å². The van der Waals surface area contributed by atoms with Gasteiger partial charge < -0.3 is 0 Å². The molecule has 0 aliphatic rings. The lowest BCUT2D eigenvalue weighted by Crippen LogP contribution is -2.20. The molecule has 0 spiro atoms. The zero-order valence-corrected chi connectivity index (χ0v) is 18.2. The van der Waals surface area contributed by atoms with Crippen molar-refractivity contribution in [2.45, 2.75) is 46.5 Å². The summed E-state index contributed by atoms with van der Waals surface area (Å²) < 4.78 is 2.16. The number of aromatic nitrogens is 5. The number of para-hydroxylation sites is 1. The quantitative estimate of drug-likeness (QED) is 0.434. The minimum absolute atomic E-state index is 0.0894. The second-order valence-corrected chi connectivity index (χ2v) is 8.31. The maximum atomic E-state index is 4.77. The van der Waals surface area contributed by atoms with E-state index in [-0.39, 0.29) is 5.41 Å². The number of hydrogen-bond acceptors (Lipinski definition) is 4. The first-order valence-electron chi connectivity index (χ1n) is 10.3. The van der Waals surface area contributed by atoms with E-state index < -0.39 is 0 Å². The van der Waals surface area contributed by atoms with E-state index in [9.17, 15) is 0 Å². The van der Waals surface area contributed by atoms with Gasteiger partial charge in [0.25, 0.3) is 0 Å². The van der Waals surface area contributed by atoms with Crippen LogP contribution < -0.4 is 0 Å². The smallest absolute Gasteiger partial charge is 0.163 e. The summed E-state index contributed by atoms with van der Waals surface area (Å²) in [5, 5.41) is 0. The first kappa shape index (κ1) is 20.0. The minimum Gasteiger partial charge on any atom is -0.299 e. The van der Waals surface area contributed by atoms with E-state index in [1.54, 1.807) is 6.33 Å². The van der Waals surface area contributed by atoms with Gasteiger partial charge in [-0.3, -0.25) is 4.57 Å². The van der Waals surface area contributed by atoms with Gasteiger partial charge >= 0.3 is 0 Å². The third-order valence-electron chi connectivity index (χ3n) is 5.76. The summed E-state index contributed by atoms with van der Waals surface area (Å²) in [6, 6.07) is 14.6. The molecule has 0 aliphatic carbocycles. The monoisotopic (exact) mass is 397 g/mol. The molecule has 0 saturated carbocycles. The highest BCUT2D eigenvalue weighted by atomic mass is 15.1. The lowest BCUT2D eigenvalue weighted by Gasteiger charge is -2.20. The van der Waals surface area contributed by atoms with Crippen LogP contribution in [0.2, 0.25) is 0 Å². The second-order valence-electron chi connectivity index (χ2n) is 8.31. The van der Waals surface area contributed by atoms with E-state index in [1.807, 2.05) is 24.5 Å². The third-order valence-corrected chi connectivity index (χ3v) is 5.76. The van der Waals surface area contributed by atoms with E-state index in [2.05, 4.69) is 84.5 Å². The molecular formula is C25H27N5. The largest absolute Gasteiger partial charge is 0.299 e. The fourth-order valence-electron chi connectivity index (χ4n) is 3.60. The molecule has 0 atom stereocenters. The molecule has 152 valence electrons. The number of benzene rings is 2. The molecule has 5 heteroatoms. The Labute approximate surface area is 177 Å². The van der Waals surface area contributed by atoms with Crippen LogP contribution in [0.1, 0.15) is 44.1 Å². The van der Waals surface area contributed by atoms with Gasteiger partial charge in [-0.1, -0.05) is 57.2 Å². The summed E-state index contributed by atoms with van der Waals surface area (Å²) in [5.41, 5.74) is 5.50. The number of hydrogen-bond donors (Lipinski definition) is 0. The Morgan fingerprint density at radius 3 is 2.33 bits per heavy atom. The highest BCUT2D eigenvalue weighted by Crippen LogP contribution is 2.29. The average Bonchev–Trinajstić information content (AvgIpc) is 3.23. The molecular weight excluding hydrogens is 370 g/mol. The van der Waals surface area contributed by atoms with Gasteiger partial charge in [-0.05, 0) is 37.5 Å². The van der Waals surface area contributed by atoms with Gasteiger partial charge in [0.05, 0.1) is 5.69 Å². The molecule has 2 aromatic carbocycles. The van der Waals surface area contributed by atoms with Crippen LogP contribution in [0.25, 0.3) is 28.5 Å². The van der Waals surface area contributed by atoms with Crippen LogP contribution in [0, 0.1) is 13.8 Å². The van der Waals surface area contributed by atoms with Gasteiger partial charge in [0, 0.05) is 28.9 Å². The predicted octanol–water partition coefficient (Wildman–Crippen LogP) is 5.70. The molecule has 0 saturated heterocycles. The number of rotatable bonds is 5. The average molecular weight is 398 g/mol. The molecule has 0 N–H and O–H groups in total. The van der Waals surface area contributed by atoms with Crippen molar-refractivity contribution in [2.75, 3.05) is 0 Å². The van der Waals surface area contributed by atoms with Crippen LogP contribution in [0.3, 0.4) is 0 Å². The van der Waals surface area contributed by atoms with E-state index in [0.29, 0.717) is 5.82 Å². The summed E-state index contributed by atoms with van der Waals surface area (Å²) in [7, 11) is 0. The Balaban J connectivity index is 1.79. The normalized spacial score (nSPS) is 11.6. The van der Waals surface area contributed by atoms with Crippen molar-refractivity contribution in [1.29, 1.82) is 0 Å².